The van der Waals surface area contributed by atoms with Gasteiger partial charge in [-0.25, -0.2) is 0 Å². The molecule has 0 aromatic heterocycles. The van der Waals surface area contributed by atoms with Gasteiger partial charge in [0, 0.05) is 4.32 Å². The van der Waals surface area contributed by atoms with E-state index in [1.54, 1.807) is 0 Å². The number of halogens is 2. The van der Waals surface area contributed by atoms with Gasteiger partial charge in [0.25, 0.3) is 0 Å². The van der Waals surface area contributed by atoms with Gasteiger partial charge in [0.15, 0.2) is 0 Å². The van der Waals surface area contributed by atoms with Gasteiger partial charge in [-0.3, -0.25) is 4.79 Å². The molecule has 5 atom stereocenters. The van der Waals surface area contributed by atoms with Crippen molar-refractivity contribution in [2.24, 2.45) is 23.0 Å². The minimum Gasteiger partial charge on any atom is -0.369 e. The highest BCUT2D eigenvalue weighted by Gasteiger charge is 2.59. The van der Waals surface area contributed by atoms with Gasteiger partial charge < -0.3 is 5.73 Å². The molecule has 16 heavy (non-hydrogen) atoms. The quantitative estimate of drug-likeness (QED) is 0.764. The standard InChI is InChI=1S/C12H17Br2NO/c13-9(10(15)16)11-2-7-1-8(3-11)5-12(14,4-7)6-11/h7-9H,1-6H2,(H2,15,16)/t7-,8+,9-,11?,12?/m1/s1. The molecule has 90 valence electrons. The minimum atomic E-state index is -0.182. The van der Waals surface area contributed by atoms with Crippen LogP contribution in [-0.2, 0) is 4.79 Å². The van der Waals surface area contributed by atoms with Gasteiger partial charge in [0.1, 0.15) is 0 Å². The van der Waals surface area contributed by atoms with E-state index in [0.29, 0.717) is 4.32 Å². The van der Waals surface area contributed by atoms with Gasteiger partial charge in [-0.2, -0.15) is 0 Å². The SMILES string of the molecule is NC(=O)[C@@H](Br)C12C[C@@H]3C[C@@H](CC(Br)(C3)C1)C2. The first kappa shape index (κ1) is 11.5. The average Bonchev–Trinajstić information content (AvgIpc) is 2.12. The molecule has 4 saturated carbocycles. The molecule has 4 heteroatoms. The molecule has 0 aromatic rings. The number of hydrogen-bond acceptors (Lipinski definition) is 1. The highest BCUT2D eigenvalue weighted by Crippen LogP contribution is 2.66. The number of carbonyl (C=O) groups excluding carboxylic acids is 1. The Labute approximate surface area is 113 Å². The Hall–Kier alpha value is 0.430. The second-order valence-corrected chi connectivity index (χ2v) is 8.84. The predicted octanol–water partition coefficient (Wildman–Crippen LogP) is 2.97. The molecule has 2 N–H and O–H groups in total. The van der Waals surface area contributed by atoms with Crippen LogP contribution in [0.4, 0.5) is 0 Å². The van der Waals surface area contributed by atoms with Crippen molar-refractivity contribution in [2.45, 2.75) is 47.7 Å². The van der Waals surface area contributed by atoms with Crippen LogP contribution < -0.4 is 5.73 Å². The average molecular weight is 351 g/mol. The molecule has 0 saturated heterocycles. The maximum Gasteiger partial charge on any atom is 0.231 e. The number of primary amides is 1. The first-order chi connectivity index (χ1) is 7.42. The van der Waals surface area contributed by atoms with E-state index in [1.165, 1.54) is 32.1 Å². The zero-order valence-corrected chi connectivity index (χ0v) is 12.4. The van der Waals surface area contributed by atoms with Crippen molar-refractivity contribution in [3.8, 4) is 0 Å². The molecule has 4 aliphatic carbocycles. The molecule has 0 aliphatic heterocycles. The molecule has 4 fully saturated rings. The topological polar surface area (TPSA) is 43.1 Å². The summed E-state index contributed by atoms with van der Waals surface area (Å²) in [6.07, 6.45) is 7.46. The summed E-state index contributed by atoms with van der Waals surface area (Å²) in [5.41, 5.74) is 5.64. The van der Waals surface area contributed by atoms with Crippen molar-refractivity contribution in [1.29, 1.82) is 0 Å². The summed E-state index contributed by atoms with van der Waals surface area (Å²) in [6.45, 7) is 0. The Kier molecular flexibility index (Phi) is 2.50. The van der Waals surface area contributed by atoms with Gasteiger partial charge in [-0.1, -0.05) is 31.9 Å². The molecule has 4 rings (SSSR count). The summed E-state index contributed by atoms with van der Waals surface area (Å²) in [4.78, 5) is 11.3. The number of rotatable bonds is 2. The number of hydrogen-bond donors (Lipinski definition) is 1. The van der Waals surface area contributed by atoms with E-state index in [4.69, 9.17) is 5.73 Å². The minimum absolute atomic E-state index is 0.136. The molecular formula is C12H17Br2NO. The van der Waals surface area contributed by atoms with Crippen molar-refractivity contribution in [2.75, 3.05) is 0 Å². The molecule has 2 nitrogen and oxygen atoms in total. The summed E-state index contributed by atoms with van der Waals surface area (Å²) < 4.78 is 0.304. The predicted molar refractivity (Wildman–Crippen MR) is 70.7 cm³/mol. The van der Waals surface area contributed by atoms with E-state index in [2.05, 4.69) is 31.9 Å². The van der Waals surface area contributed by atoms with Crippen LogP contribution in [0, 0.1) is 17.3 Å². The molecule has 1 amide bonds. The van der Waals surface area contributed by atoms with Gasteiger partial charge in [-0.05, 0) is 55.8 Å². The Morgan fingerprint density at radius 2 is 1.81 bits per heavy atom. The molecule has 0 aromatic carbocycles. The van der Waals surface area contributed by atoms with Crippen molar-refractivity contribution in [3.63, 3.8) is 0 Å². The molecular weight excluding hydrogens is 334 g/mol. The zero-order chi connectivity index (χ0) is 11.6. The van der Waals surface area contributed by atoms with Crippen molar-refractivity contribution in [3.05, 3.63) is 0 Å². The normalized spacial score (nSPS) is 51.6. The lowest BCUT2D eigenvalue weighted by molar-refractivity contribution is -0.123. The molecule has 4 bridgehead atoms. The van der Waals surface area contributed by atoms with Crippen LogP contribution in [-0.4, -0.2) is 15.1 Å². The highest BCUT2D eigenvalue weighted by molar-refractivity contribution is 9.10. The van der Waals surface area contributed by atoms with Crippen molar-refractivity contribution >= 4 is 37.8 Å². The van der Waals surface area contributed by atoms with E-state index in [9.17, 15) is 4.79 Å². The maximum absolute atomic E-state index is 11.5. The summed E-state index contributed by atoms with van der Waals surface area (Å²) in [5.74, 6) is 1.43. The van der Waals surface area contributed by atoms with Gasteiger partial charge >= 0.3 is 0 Å². The van der Waals surface area contributed by atoms with E-state index < -0.39 is 0 Å². The van der Waals surface area contributed by atoms with Crippen LogP contribution >= 0.6 is 31.9 Å². The largest absolute Gasteiger partial charge is 0.369 e. The lowest BCUT2D eigenvalue weighted by atomic mass is 9.48. The molecule has 0 heterocycles. The number of nitrogens with two attached hydrogens (primary N) is 1. The second kappa shape index (κ2) is 3.47. The first-order valence-corrected chi connectivity index (χ1v) is 7.76. The van der Waals surface area contributed by atoms with Gasteiger partial charge in [-0.15, -0.1) is 0 Å². The fourth-order valence-corrected chi connectivity index (χ4v) is 6.83. The summed E-state index contributed by atoms with van der Waals surface area (Å²) >= 11 is 7.50. The van der Waals surface area contributed by atoms with Crippen LogP contribution in [0.2, 0.25) is 0 Å². The lowest BCUT2D eigenvalue weighted by Crippen LogP contribution is -2.57. The van der Waals surface area contributed by atoms with E-state index in [1.807, 2.05) is 0 Å². The molecule has 0 spiro atoms. The molecule has 0 radical (unpaired) electrons. The number of amides is 1. The third-order valence-electron chi connectivity index (χ3n) is 4.82. The van der Waals surface area contributed by atoms with Crippen molar-refractivity contribution < 1.29 is 4.79 Å². The number of carbonyl (C=O) groups is 1. The fraction of sp³-hybridized carbons (Fsp3) is 0.917. The Balaban J connectivity index is 1.94. The Morgan fingerprint density at radius 3 is 2.25 bits per heavy atom. The van der Waals surface area contributed by atoms with Crippen LogP contribution in [0.3, 0.4) is 0 Å². The maximum atomic E-state index is 11.5. The van der Waals surface area contributed by atoms with Crippen LogP contribution in [0.25, 0.3) is 0 Å². The van der Waals surface area contributed by atoms with Crippen LogP contribution in [0.5, 0.6) is 0 Å². The fourth-order valence-electron chi connectivity index (χ4n) is 4.82. The Morgan fingerprint density at radius 1 is 1.25 bits per heavy atom. The highest BCUT2D eigenvalue weighted by atomic mass is 79.9. The van der Waals surface area contributed by atoms with E-state index in [-0.39, 0.29) is 16.1 Å². The third kappa shape index (κ3) is 1.59. The molecule has 2 unspecified atom stereocenters. The Bertz CT molecular complexity index is 330. The van der Waals surface area contributed by atoms with E-state index in [0.717, 1.165) is 18.3 Å². The van der Waals surface area contributed by atoms with Crippen molar-refractivity contribution in [1.82, 2.24) is 0 Å². The smallest absolute Gasteiger partial charge is 0.231 e. The van der Waals surface area contributed by atoms with Crippen LogP contribution in [0.1, 0.15) is 38.5 Å². The number of alkyl halides is 2. The van der Waals surface area contributed by atoms with Crippen LogP contribution in [0.15, 0.2) is 0 Å². The zero-order valence-electron chi connectivity index (χ0n) is 9.22. The monoisotopic (exact) mass is 349 g/mol. The van der Waals surface area contributed by atoms with Gasteiger partial charge in [0.2, 0.25) is 5.91 Å². The summed E-state index contributed by atoms with van der Waals surface area (Å²) in [7, 11) is 0. The van der Waals surface area contributed by atoms with E-state index >= 15 is 0 Å². The second-order valence-electron chi connectivity index (χ2n) is 6.24. The first-order valence-electron chi connectivity index (χ1n) is 6.05. The summed E-state index contributed by atoms with van der Waals surface area (Å²) in [6, 6.07) is 0. The third-order valence-corrected chi connectivity index (χ3v) is 7.17. The van der Waals surface area contributed by atoms with Gasteiger partial charge in [0.05, 0.1) is 4.83 Å². The summed E-state index contributed by atoms with van der Waals surface area (Å²) in [5, 5.41) is 0. The lowest BCUT2D eigenvalue weighted by Gasteiger charge is -2.61. The molecule has 4 aliphatic rings.